The topological polar surface area (TPSA) is 62.5 Å². The van der Waals surface area contributed by atoms with Crippen LogP contribution in [0.3, 0.4) is 0 Å². The van der Waals surface area contributed by atoms with E-state index in [0.717, 1.165) is 19.5 Å². The first-order chi connectivity index (χ1) is 11.7. The summed E-state index contributed by atoms with van der Waals surface area (Å²) in [5.41, 5.74) is 1.21. The molecule has 2 heterocycles. The van der Waals surface area contributed by atoms with Gasteiger partial charge in [-0.2, -0.15) is 0 Å². The van der Waals surface area contributed by atoms with Gasteiger partial charge in [0.2, 0.25) is 11.8 Å². The van der Waals surface area contributed by atoms with E-state index in [1.165, 1.54) is 5.56 Å². The molecule has 1 aromatic heterocycles. The maximum atomic E-state index is 12.5. The minimum atomic E-state index is 0.214. The largest absolute Gasteiger partial charge is 0.408 e. The van der Waals surface area contributed by atoms with Gasteiger partial charge in [0.05, 0.1) is 0 Å². The van der Waals surface area contributed by atoms with E-state index in [2.05, 4.69) is 34.2 Å². The zero-order chi connectivity index (χ0) is 16.9. The van der Waals surface area contributed by atoms with Gasteiger partial charge in [0.1, 0.15) is 0 Å². The number of hydrogen-bond acceptors (Lipinski definition) is 5. The smallest absolute Gasteiger partial charge is 0.318 e. The fourth-order valence-electron chi connectivity index (χ4n) is 2.95. The van der Waals surface area contributed by atoms with Gasteiger partial charge in [-0.1, -0.05) is 49.3 Å². The third kappa shape index (κ3) is 3.75. The molecule has 0 aliphatic carbocycles. The van der Waals surface area contributed by atoms with Crippen LogP contribution in [0.5, 0.6) is 0 Å². The van der Waals surface area contributed by atoms with E-state index < -0.39 is 0 Å². The number of aromatic nitrogens is 2. The van der Waals surface area contributed by atoms with E-state index in [0.29, 0.717) is 31.4 Å². The highest BCUT2D eigenvalue weighted by Gasteiger charge is 2.25. The highest BCUT2D eigenvalue weighted by molar-refractivity contribution is 5.77. The summed E-state index contributed by atoms with van der Waals surface area (Å²) in [6.45, 7) is 6.96. The Balaban J connectivity index is 1.51. The van der Waals surface area contributed by atoms with Crippen molar-refractivity contribution >= 4 is 11.9 Å². The lowest BCUT2D eigenvalue weighted by Crippen LogP contribution is -2.49. The monoisotopic (exact) mass is 328 g/mol. The molecule has 1 atom stereocenters. The number of anilines is 1. The Morgan fingerprint density at radius 3 is 2.50 bits per heavy atom. The Kier molecular flexibility index (Phi) is 5.13. The maximum Gasteiger partial charge on any atom is 0.318 e. The van der Waals surface area contributed by atoms with Gasteiger partial charge < -0.3 is 14.2 Å². The zero-order valence-electron chi connectivity index (χ0n) is 14.3. The van der Waals surface area contributed by atoms with Crippen LogP contribution in [0.15, 0.2) is 34.7 Å². The normalized spacial score (nSPS) is 16.2. The molecule has 6 nitrogen and oxygen atoms in total. The molecular weight excluding hydrogens is 304 g/mol. The van der Waals surface area contributed by atoms with Crippen LogP contribution in [0.2, 0.25) is 0 Å². The van der Waals surface area contributed by atoms with Gasteiger partial charge in [-0.15, -0.1) is 5.10 Å². The highest BCUT2D eigenvalue weighted by Crippen LogP contribution is 2.21. The summed E-state index contributed by atoms with van der Waals surface area (Å²) in [7, 11) is 0. The Labute approximate surface area is 142 Å². The molecule has 0 N–H and O–H groups in total. The standard InChI is InChI=1S/C18H24N4O2/c1-3-16-19-20-18(24-16)22-11-9-21(10-12-22)17(23)13-14(2)15-7-5-4-6-8-15/h4-8,14H,3,9-13H2,1-2H3. The molecule has 1 unspecified atom stereocenters. The van der Waals surface area contributed by atoms with Gasteiger partial charge in [-0.25, -0.2) is 0 Å². The maximum absolute atomic E-state index is 12.5. The summed E-state index contributed by atoms with van der Waals surface area (Å²) >= 11 is 0. The van der Waals surface area contributed by atoms with Gasteiger partial charge in [0.25, 0.3) is 0 Å². The van der Waals surface area contributed by atoms with Gasteiger partial charge >= 0.3 is 6.01 Å². The summed E-state index contributed by atoms with van der Waals surface area (Å²) in [5, 5.41) is 8.07. The van der Waals surface area contributed by atoms with E-state index in [9.17, 15) is 4.79 Å². The lowest BCUT2D eigenvalue weighted by atomic mass is 9.97. The predicted molar refractivity (Wildman–Crippen MR) is 91.9 cm³/mol. The number of amides is 1. The molecule has 6 heteroatoms. The van der Waals surface area contributed by atoms with Crippen LogP contribution in [-0.4, -0.2) is 47.2 Å². The fourth-order valence-corrected chi connectivity index (χ4v) is 2.95. The molecule has 1 fully saturated rings. The molecule has 24 heavy (non-hydrogen) atoms. The molecule has 0 radical (unpaired) electrons. The minimum absolute atomic E-state index is 0.214. The molecule has 2 aromatic rings. The van der Waals surface area contributed by atoms with Crippen LogP contribution < -0.4 is 4.90 Å². The van der Waals surface area contributed by atoms with Gasteiger partial charge in [-0.05, 0) is 11.5 Å². The summed E-state index contributed by atoms with van der Waals surface area (Å²) in [4.78, 5) is 16.5. The predicted octanol–water partition coefficient (Wildman–Crippen LogP) is 2.47. The molecule has 0 saturated carbocycles. The van der Waals surface area contributed by atoms with Crippen LogP contribution in [0, 0.1) is 0 Å². The molecule has 1 aliphatic heterocycles. The van der Waals surface area contributed by atoms with Crippen molar-refractivity contribution in [2.24, 2.45) is 0 Å². The molecule has 1 aromatic carbocycles. The van der Waals surface area contributed by atoms with Crippen molar-refractivity contribution in [3.63, 3.8) is 0 Å². The highest BCUT2D eigenvalue weighted by atomic mass is 16.4. The Hall–Kier alpha value is -2.37. The average Bonchev–Trinajstić information content (AvgIpc) is 3.11. The van der Waals surface area contributed by atoms with Crippen molar-refractivity contribution in [1.82, 2.24) is 15.1 Å². The summed E-state index contributed by atoms with van der Waals surface area (Å²) < 4.78 is 5.59. The minimum Gasteiger partial charge on any atom is -0.408 e. The number of piperazine rings is 1. The van der Waals surface area contributed by atoms with Crippen LogP contribution in [0.25, 0.3) is 0 Å². The van der Waals surface area contributed by atoms with E-state index in [1.54, 1.807) is 0 Å². The van der Waals surface area contributed by atoms with Crippen LogP contribution in [-0.2, 0) is 11.2 Å². The first kappa shape index (κ1) is 16.5. The molecule has 0 spiro atoms. The second-order valence-corrected chi connectivity index (χ2v) is 6.22. The molecule has 0 bridgehead atoms. The van der Waals surface area contributed by atoms with Crippen LogP contribution >= 0.6 is 0 Å². The van der Waals surface area contributed by atoms with E-state index in [-0.39, 0.29) is 11.8 Å². The molecule has 128 valence electrons. The quantitative estimate of drug-likeness (QED) is 0.844. The third-order valence-electron chi connectivity index (χ3n) is 4.51. The average molecular weight is 328 g/mol. The first-order valence-electron chi connectivity index (χ1n) is 8.57. The van der Waals surface area contributed by atoms with Crippen LogP contribution in [0.1, 0.15) is 37.6 Å². The SMILES string of the molecule is CCc1nnc(N2CCN(C(=O)CC(C)c3ccccc3)CC2)o1. The van der Waals surface area contributed by atoms with E-state index in [1.807, 2.05) is 30.0 Å². The second-order valence-electron chi connectivity index (χ2n) is 6.22. The van der Waals surface area contributed by atoms with E-state index >= 15 is 0 Å². The number of hydrogen-bond donors (Lipinski definition) is 0. The summed E-state index contributed by atoms with van der Waals surface area (Å²) in [6, 6.07) is 10.8. The summed E-state index contributed by atoms with van der Waals surface area (Å²) in [6.07, 6.45) is 1.29. The van der Waals surface area contributed by atoms with Crippen molar-refractivity contribution in [2.45, 2.75) is 32.6 Å². The molecule has 1 aliphatic rings. The van der Waals surface area contributed by atoms with Crippen LogP contribution in [0.4, 0.5) is 6.01 Å². The van der Waals surface area contributed by atoms with Gasteiger partial charge in [0.15, 0.2) is 0 Å². The number of benzene rings is 1. The lowest BCUT2D eigenvalue weighted by molar-refractivity contribution is -0.131. The summed E-state index contributed by atoms with van der Waals surface area (Å²) in [5.74, 6) is 1.10. The number of carbonyl (C=O) groups excluding carboxylic acids is 1. The van der Waals surface area contributed by atoms with Crippen molar-refractivity contribution in [3.05, 3.63) is 41.8 Å². The van der Waals surface area contributed by atoms with Crippen molar-refractivity contribution in [2.75, 3.05) is 31.1 Å². The van der Waals surface area contributed by atoms with Gasteiger partial charge in [0, 0.05) is 39.0 Å². The second kappa shape index (κ2) is 7.47. The number of nitrogens with zero attached hydrogens (tertiary/aromatic N) is 4. The first-order valence-corrected chi connectivity index (χ1v) is 8.57. The molecule has 1 amide bonds. The number of carbonyl (C=O) groups is 1. The Morgan fingerprint density at radius 2 is 1.88 bits per heavy atom. The van der Waals surface area contributed by atoms with Crippen molar-refractivity contribution in [3.8, 4) is 0 Å². The lowest BCUT2D eigenvalue weighted by Gasteiger charge is -2.34. The molecule has 1 saturated heterocycles. The third-order valence-corrected chi connectivity index (χ3v) is 4.51. The Bertz CT molecular complexity index is 663. The fraction of sp³-hybridized carbons (Fsp3) is 0.500. The number of aryl methyl sites for hydroxylation is 1. The van der Waals surface area contributed by atoms with E-state index in [4.69, 9.17) is 4.42 Å². The van der Waals surface area contributed by atoms with Crippen molar-refractivity contribution in [1.29, 1.82) is 0 Å². The molecular formula is C18H24N4O2. The Morgan fingerprint density at radius 1 is 1.17 bits per heavy atom. The van der Waals surface area contributed by atoms with Crippen molar-refractivity contribution < 1.29 is 9.21 Å². The van der Waals surface area contributed by atoms with Gasteiger partial charge in [-0.3, -0.25) is 4.79 Å². The zero-order valence-corrected chi connectivity index (χ0v) is 14.3. The number of rotatable bonds is 5. The molecule has 3 rings (SSSR count).